The number of nitrogens with zero attached hydrogens (tertiary/aromatic N) is 1. The van der Waals surface area contributed by atoms with Gasteiger partial charge in [0.2, 0.25) is 5.91 Å². The Labute approximate surface area is 380 Å². The number of carbonyl (C=O) groups is 1. The number of quaternary nitrogens is 1. The van der Waals surface area contributed by atoms with Crippen LogP contribution in [-0.4, -0.2) is 73.4 Å². The number of amides is 1. The first-order chi connectivity index (χ1) is 29.5. The molecule has 1 amide bonds. The molecule has 0 aliphatic carbocycles. The number of hydrogen-bond donors (Lipinski definition) is 3. The molecule has 0 fully saturated rings. The molecule has 0 saturated heterocycles. The lowest BCUT2D eigenvalue weighted by Gasteiger charge is -2.26. The zero-order chi connectivity index (χ0) is 45.0. The number of phosphoric ester groups is 1. The number of aliphatic hydroxyl groups is 1. The summed E-state index contributed by atoms with van der Waals surface area (Å²) in [5, 5.41) is 14.0. The SMILES string of the molecule is CCCCCCCCCCCCCCCCCCCCCCCCCCCCC(O)C(COP(=O)(O)OCC[N+](C)(C)C)NC(=O)CCCCCCCCCCCCCCC. The number of hydrogen-bond acceptors (Lipinski definition) is 5. The largest absolute Gasteiger partial charge is 0.472 e. The van der Waals surface area contributed by atoms with E-state index in [1.807, 2.05) is 21.1 Å². The third-order valence-corrected chi connectivity index (χ3v) is 13.6. The monoisotopic (exact) mass is 888 g/mol. The van der Waals surface area contributed by atoms with Gasteiger partial charge in [0.05, 0.1) is 39.9 Å². The van der Waals surface area contributed by atoms with E-state index >= 15 is 0 Å². The highest BCUT2D eigenvalue weighted by Gasteiger charge is 2.28. The number of carbonyl (C=O) groups excluding carboxylic acids is 1. The third kappa shape index (κ3) is 47.3. The standard InChI is InChI=1S/C52H107N2O6P/c1-6-8-10-12-14-16-18-20-21-22-23-24-25-26-27-28-29-30-31-32-34-35-37-39-41-43-45-51(55)50(49-60-61(57,58)59-48-47-54(3,4)5)53-52(56)46-44-42-40-38-36-33-19-17-15-13-11-9-7-2/h50-51,55H,6-49H2,1-5H3,(H-,53,56,57,58)/p+1. The molecule has 3 N–H and O–H groups in total. The molecule has 0 bridgehead atoms. The van der Waals surface area contributed by atoms with Crippen molar-refractivity contribution >= 4 is 13.7 Å². The topological polar surface area (TPSA) is 105 Å². The second-order valence-corrected chi connectivity index (χ2v) is 21.4. The maximum Gasteiger partial charge on any atom is 0.472 e. The zero-order valence-electron chi connectivity index (χ0n) is 41.7. The Morgan fingerprint density at radius 3 is 1.10 bits per heavy atom. The average Bonchev–Trinajstić information content (AvgIpc) is 3.21. The fourth-order valence-corrected chi connectivity index (χ4v) is 9.08. The van der Waals surface area contributed by atoms with E-state index in [2.05, 4.69) is 19.2 Å². The van der Waals surface area contributed by atoms with Gasteiger partial charge in [-0.25, -0.2) is 4.57 Å². The molecule has 0 rings (SSSR count). The Morgan fingerprint density at radius 2 is 0.787 bits per heavy atom. The van der Waals surface area contributed by atoms with E-state index in [9.17, 15) is 19.4 Å². The van der Waals surface area contributed by atoms with Crippen LogP contribution in [0, 0.1) is 0 Å². The Bertz CT molecular complexity index is 963. The fourth-order valence-electron chi connectivity index (χ4n) is 8.34. The molecule has 0 aliphatic heterocycles. The molecular formula is C52H108N2O6P+. The van der Waals surface area contributed by atoms with Gasteiger partial charge in [-0.15, -0.1) is 0 Å². The molecule has 366 valence electrons. The molecule has 0 aromatic heterocycles. The van der Waals surface area contributed by atoms with Gasteiger partial charge in [0, 0.05) is 6.42 Å². The van der Waals surface area contributed by atoms with Gasteiger partial charge < -0.3 is 19.8 Å². The number of phosphoric acid groups is 1. The summed E-state index contributed by atoms with van der Waals surface area (Å²) < 4.78 is 23.7. The minimum Gasteiger partial charge on any atom is -0.391 e. The Kier molecular flexibility index (Phi) is 44.3. The Morgan fingerprint density at radius 1 is 0.492 bits per heavy atom. The highest BCUT2D eigenvalue weighted by Crippen LogP contribution is 2.43. The molecule has 0 heterocycles. The van der Waals surface area contributed by atoms with Crippen LogP contribution in [0.5, 0.6) is 0 Å². The van der Waals surface area contributed by atoms with Gasteiger partial charge in [0.1, 0.15) is 13.2 Å². The van der Waals surface area contributed by atoms with Crippen molar-refractivity contribution in [2.75, 3.05) is 40.9 Å². The van der Waals surface area contributed by atoms with Gasteiger partial charge >= 0.3 is 7.82 Å². The van der Waals surface area contributed by atoms with Crippen LogP contribution in [0.2, 0.25) is 0 Å². The van der Waals surface area contributed by atoms with Crippen molar-refractivity contribution in [1.29, 1.82) is 0 Å². The molecule has 3 atom stereocenters. The van der Waals surface area contributed by atoms with Crippen molar-refractivity contribution in [2.24, 2.45) is 0 Å². The minimum absolute atomic E-state index is 0.0789. The number of nitrogens with one attached hydrogen (secondary N) is 1. The van der Waals surface area contributed by atoms with Crippen LogP contribution in [0.1, 0.15) is 277 Å². The van der Waals surface area contributed by atoms with Crippen LogP contribution in [0.15, 0.2) is 0 Å². The van der Waals surface area contributed by atoms with Crippen LogP contribution < -0.4 is 5.32 Å². The van der Waals surface area contributed by atoms with Gasteiger partial charge in [-0.1, -0.05) is 258 Å². The summed E-state index contributed by atoms with van der Waals surface area (Å²) in [6, 6.07) is -0.754. The van der Waals surface area contributed by atoms with Crippen molar-refractivity contribution in [2.45, 2.75) is 289 Å². The summed E-state index contributed by atoms with van der Waals surface area (Å²) in [6.45, 7) is 4.93. The molecule has 9 heteroatoms. The van der Waals surface area contributed by atoms with Gasteiger partial charge in [0.15, 0.2) is 0 Å². The molecule has 0 aliphatic rings. The normalized spacial score (nSPS) is 14.0. The second-order valence-electron chi connectivity index (χ2n) is 20.0. The predicted molar refractivity (Wildman–Crippen MR) is 263 cm³/mol. The molecule has 61 heavy (non-hydrogen) atoms. The number of likely N-dealkylation sites (N-methyl/N-ethyl adjacent to an activating group) is 1. The summed E-state index contributed by atoms with van der Waals surface area (Å²) in [6.07, 6.45) is 51.5. The quantitative estimate of drug-likeness (QED) is 0.0319. The first kappa shape index (κ1) is 60.5. The molecule has 0 radical (unpaired) electrons. The van der Waals surface area contributed by atoms with E-state index in [1.165, 1.54) is 212 Å². The van der Waals surface area contributed by atoms with E-state index in [1.54, 1.807) is 0 Å². The summed E-state index contributed by atoms with van der Waals surface area (Å²) in [5.74, 6) is -0.139. The maximum absolute atomic E-state index is 12.9. The number of unbranched alkanes of at least 4 members (excludes halogenated alkanes) is 37. The minimum atomic E-state index is -4.31. The lowest BCUT2D eigenvalue weighted by Crippen LogP contribution is -2.46. The molecule has 0 saturated carbocycles. The predicted octanol–water partition coefficient (Wildman–Crippen LogP) is 15.7. The van der Waals surface area contributed by atoms with Crippen LogP contribution in [-0.2, 0) is 18.4 Å². The lowest BCUT2D eigenvalue weighted by atomic mass is 10.0. The van der Waals surface area contributed by atoms with Crippen molar-refractivity contribution in [3.63, 3.8) is 0 Å². The second kappa shape index (κ2) is 44.7. The summed E-state index contributed by atoms with van der Waals surface area (Å²) in [5.41, 5.74) is 0. The Balaban J connectivity index is 4.09. The molecule has 0 aromatic rings. The van der Waals surface area contributed by atoms with Crippen molar-refractivity contribution in [3.05, 3.63) is 0 Å². The van der Waals surface area contributed by atoms with Gasteiger partial charge in [-0.2, -0.15) is 0 Å². The van der Waals surface area contributed by atoms with Gasteiger partial charge in [-0.3, -0.25) is 13.8 Å². The fraction of sp³-hybridized carbons (Fsp3) is 0.981. The first-order valence-electron chi connectivity index (χ1n) is 26.9. The van der Waals surface area contributed by atoms with E-state index in [-0.39, 0.29) is 19.1 Å². The van der Waals surface area contributed by atoms with Crippen LogP contribution in [0.4, 0.5) is 0 Å². The van der Waals surface area contributed by atoms with Gasteiger partial charge in [0.25, 0.3) is 0 Å². The van der Waals surface area contributed by atoms with Crippen molar-refractivity contribution in [1.82, 2.24) is 5.32 Å². The van der Waals surface area contributed by atoms with E-state index in [0.717, 1.165) is 38.5 Å². The van der Waals surface area contributed by atoms with Crippen molar-refractivity contribution < 1.29 is 32.9 Å². The van der Waals surface area contributed by atoms with Crippen LogP contribution in [0.3, 0.4) is 0 Å². The molecular weight excluding hydrogens is 780 g/mol. The maximum atomic E-state index is 12.9. The smallest absolute Gasteiger partial charge is 0.391 e. The van der Waals surface area contributed by atoms with Crippen LogP contribution in [0.25, 0.3) is 0 Å². The number of aliphatic hydroxyl groups excluding tert-OH is 1. The zero-order valence-corrected chi connectivity index (χ0v) is 42.6. The van der Waals surface area contributed by atoms with Gasteiger partial charge in [-0.05, 0) is 12.8 Å². The average molecular weight is 888 g/mol. The number of rotatable bonds is 50. The van der Waals surface area contributed by atoms with E-state index in [0.29, 0.717) is 23.9 Å². The highest BCUT2D eigenvalue weighted by atomic mass is 31.2. The molecule has 0 spiro atoms. The third-order valence-electron chi connectivity index (χ3n) is 12.6. The van der Waals surface area contributed by atoms with Crippen molar-refractivity contribution in [3.8, 4) is 0 Å². The summed E-state index contributed by atoms with van der Waals surface area (Å²) in [7, 11) is 1.63. The lowest BCUT2D eigenvalue weighted by molar-refractivity contribution is -0.870. The Hall–Kier alpha value is -0.500. The molecule has 0 aromatic carbocycles. The van der Waals surface area contributed by atoms with Crippen LogP contribution >= 0.6 is 7.82 Å². The molecule has 3 unspecified atom stereocenters. The van der Waals surface area contributed by atoms with E-state index in [4.69, 9.17) is 9.05 Å². The summed E-state index contributed by atoms with van der Waals surface area (Å²) >= 11 is 0. The summed E-state index contributed by atoms with van der Waals surface area (Å²) in [4.78, 5) is 23.2. The van der Waals surface area contributed by atoms with E-state index < -0.39 is 20.0 Å². The first-order valence-corrected chi connectivity index (χ1v) is 28.4. The molecule has 8 nitrogen and oxygen atoms in total. The highest BCUT2D eigenvalue weighted by molar-refractivity contribution is 7.47.